The van der Waals surface area contributed by atoms with Crippen LogP contribution < -0.4 is 0 Å². The Morgan fingerprint density at radius 3 is 2.68 bits per heavy atom. The highest BCUT2D eigenvalue weighted by Crippen LogP contribution is 2.41. The van der Waals surface area contributed by atoms with Gasteiger partial charge in [-0.25, -0.2) is 9.59 Å². The van der Waals surface area contributed by atoms with E-state index in [0.29, 0.717) is 12.2 Å². The van der Waals surface area contributed by atoms with Crippen molar-refractivity contribution in [3.63, 3.8) is 0 Å². The molecule has 3 aromatic rings. The second kappa shape index (κ2) is 8.14. The lowest BCUT2D eigenvalue weighted by Crippen LogP contribution is -2.51. The van der Waals surface area contributed by atoms with Crippen molar-refractivity contribution in [1.82, 2.24) is 9.88 Å². The third-order valence-corrected chi connectivity index (χ3v) is 5.53. The minimum atomic E-state index is -1.26. The van der Waals surface area contributed by atoms with Crippen LogP contribution in [0.2, 0.25) is 0 Å². The number of carboxylic acid groups (broad SMARTS) is 1. The Hall–Kier alpha value is -3.81. The maximum Gasteiger partial charge on any atom is 0.328 e. The van der Waals surface area contributed by atoms with Crippen LogP contribution >= 0.6 is 0 Å². The molecular weight excluding hydrogens is 400 g/mol. The number of carbonyl (C=O) groups is 3. The molecular formula is C23H22N2O6. The van der Waals surface area contributed by atoms with E-state index in [-0.39, 0.29) is 6.42 Å². The van der Waals surface area contributed by atoms with E-state index in [1.54, 1.807) is 6.07 Å². The maximum atomic E-state index is 13.1. The molecule has 1 aliphatic rings. The van der Waals surface area contributed by atoms with Crippen molar-refractivity contribution in [2.45, 2.75) is 31.8 Å². The summed E-state index contributed by atoms with van der Waals surface area (Å²) in [5.74, 6) is -1.24. The van der Waals surface area contributed by atoms with Gasteiger partial charge in [-0.05, 0) is 23.8 Å². The number of nitrogens with zero attached hydrogens (tertiary/aromatic N) is 1. The van der Waals surface area contributed by atoms with Crippen molar-refractivity contribution in [3.05, 3.63) is 71.3 Å². The van der Waals surface area contributed by atoms with Crippen molar-refractivity contribution in [3.8, 4) is 0 Å². The number of aryl methyl sites for hydroxylation is 1. The molecule has 2 aromatic heterocycles. The number of H-pyrrole nitrogens is 1. The molecule has 0 unspecified atom stereocenters. The molecule has 1 aromatic carbocycles. The highest BCUT2D eigenvalue weighted by molar-refractivity contribution is 5.97. The van der Waals surface area contributed by atoms with Gasteiger partial charge in [0.25, 0.3) is 0 Å². The number of hydrogen-bond donors (Lipinski definition) is 2. The van der Waals surface area contributed by atoms with Gasteiger partial charge in [0.05, 0.1) is 12.8 Å². The van der Waals surface area contributed by atoms with Gasteiger partial charge < -0.3 is 24.1 Å². The number of esters is 1. The van der Waals surface area contributed by atoms with Crippen molar-refractivity contribution in [1.29, 1.82) is 0 Å². The van der Waals surface area contributed by atoms with E-state index in [0.717, 1.165) is 40.1 Å². The first-order chi connectivity index (χ1) is 14.9. The summed E-state index contributed by atoms with van der Waals surface area (Å²) in [5.41, 5.74) is 2.51. The molecule has 0 bridgehead atoms. The number of furan rings is 1. The van der Waals surface area contributed by atoms with Crippen LogP contribution in [-0.2, 0) is 32.0 Å². The summed E-state index contributed by atoms with van der Waals surface area (Å²) in [7, 11) is 1.26. The Balaban J connectivity index is 1.94. The van der Waals surface area contributed by atoms with Crippen LogP contribution in [0.4, 0.5) is 0 Å². The van der Waals surface area contributed by atoms with Crippen molar-refractivity contribution in [2.75, 3.05) is 7.11 Å². The number of rotatable bonds is 5. The Kier molecular flexibility index (Phi) is 5.37. The van der Waals surface area contributed by atoms with Gasteiger partial charge in [-0.3, -0.25) is 4.79 Å². The average molecular weight is 422 g/mol. The number of fused-ring (bicyclic) bond motifs is 3. The van der Waals surface area contributed by atoms with Crippen LogP contribution in [0.25, 0.3) is 10.9 Å². The van der Waals surface area contributed by atoms with Gasteiger partial charge in [-0.2, -0.15) is 0 Å². The van der Waals surface area contributed by atoms with E-state index < -0.39 is 29.9 Å². The highest BCUT2D eigenvalue weighted by Gasteiger charge is 2.44. The predicted molar refractivity (Wildman–Crippen MR) is 111 cm³/mol. The van der Waals surface area contributed by atoms with Crippen LogP contribution in [0.3, 0.4) is 0 Å². The minimum absolute atomic E-state index is 0.233. The largest absolute Gasteiger partial charge is 0.478 e. The fourth-order valence-corrected chi connectivity index (χ4v) is 4.14. The van der Waals surface area contributed by atoms with E-state index in [9.17, 15) is 14.4 Å². The van der Waals surface area contributed by atoms with Crippen LogP contribution in [0.5, 0.6) is 0 Å². The Morgan fingerprint density at radius 2 is 2.00 bits per heavy atom. The van der Waals surface area contributed by atoms with Crippen LogP contribution in [0.1, 0.15) is 35.7 Å². The zero-order valence-electron chi connectivity index (χ0n) is 17.1. The van der Waals surface area contributed by atoms with Gasteiger partial charge in [0, 0.05) is 35.9 Å². The predicted octanol–water partition coefficient (Wildman–Crippen LogP) is 2.98. The summed E-state index contributed by atoms with van der Waals surface area (Å²) in [6.45, 7) is 1.95. The van der Waals surface area contributed by atoms with E-state index in [2.05, 4.69) is 4.98 Å². The lowest BCUT2D eigenvalue weighted by molar-refractivity contribution is -0.153. The molecule has 8 nitrogen and oxygen atoms in total. The van der Waals surface area contributed by atoms with Gasteiger partial charge >= 0.3 is 11.9 Å². The fraction of sp³-hybridized carbons (Fsp3) is 0.261. The van der Waals surface area contributed by atoms with Crippen LogP contribution in [0, 0.1) is 0 Å². The smallest absolute Gasteiger partial charge is 0.328 e. The average Bonchev–Trinajstić information content (AvgIpc) is 3.40. The first-order valence-corrected chi connectivity index (χ1v) is 9.93. The summed E-state index contributed by atoms with van der Waals surface area (Å²) < 4.78 is 11.0. The number of aromatic nitrogens is 1. The molecule has 0 aliphatic carbocycles. The molecule has 160 valence electrons. The molecule has 3 heterocycles. The molecule has 0 saturated heterocycles. The highest BCUT2D eigenvalue weighted by atomic mass is 16.5. The van der Waals surface area contributed by atoms with E-state index in [4.69, 9.17) is 14.3 Å². The van der Waals surface area contributed by atoms with Gasteiger partial charge in [0.15, 0.2) is 0 Å². The SMILES string of the molecule is CCc1ccc([C@H]2c3[nH]c4ccccc4c3C[C@@H](C(=O)OC)N2C(=O)/C=C/C(=O)O)o1. The van der Waals surface area contributed by atoms with E-state index >= 15 is 0 Å². The molecule has 0 fully saturated rings. The standard InChI is InChI=1S/C23H22N2O6/c1-3-13-8-9-18(31-13)22-21-15(14-6-4-5-7-16(14)24-21)12-17(23(29)30-2)25(22)19(26)10-11-20(27)28/h4-11,17,22,24H,3,12H2,1-2H3,(H,27,28)/b11-10+/t17-,22-/m0/s1. The molecule has 8 heteroatoms. The number of aliphatic carboxylic acids is 1. The molecule has 1 amide bonds. The lowest BCUT2D eigenvalue weighted by Gasteiger charge is -2.39. The lowest BCUT2D eigenvalue weighted by atomic mass is 9.90. The quantitative estimate of drug-likeness (QED) is 0.483. The van der Waals surface area contributed by atoms with Gasteiger partial charge in [-0.1, -0.05) is 25.1 Å². The Labute approximate surface area is 178 Å². The van der Waals surface area contributed by atoms with Gasteiger partial charge in [0.2, 0.25) is 5.91 Å². The zero-order valence-corrected chi connectivity index (χ0v) is 17.1. The van der Waals surface area contributed by atoms with Crippen LogP contribution in [-0.4, -0.2) is 46.0 Å². The number of carboxylic acids is 1. The number of amides is 1. The molecule has 0 saturated carbocycles. The number of aromatic amines is 1. The Morgan fingerprint density at radius 1 is 1.23 bits per heavy atom. The van der Waals surface area contributed by atoms with Gasteiger partial charge in [0.1, 0.15) is 23.6 Å². The van der Waals surface area contributed by atoms with Gasteiger partial charge in [-0.15, -0.1) is 0 Å². The summed E-state index contributed by atoms with van der Waals surface area (Å²) in [6, 6.07) is 9.61. The molecule has 1 aliphatic heterocycles. The first-order valence-electron chi connectivity index (χ1n) is 9.93. The number of nitrogens with one attached hydrogen (secondary N) is 1. The number of para-hydroxylation sites is 1. The number of carbonyl (C=O) groups excluding carboxylic acids is 2. The second-order valence-corrected chi connectivity index (χ2v) is 7.28. The zero-order chi connectivity index (χ0) is 22.1. The van der Waals surface area contributed by atoms with Crippen molar-refractivity contribution >= 4 is 28.7 Å². The summed E-state index contributed by atoms with van der Waals surface area (Å²) in [5, 5.41) is 9.93. The number of hydrogen-bond acceptors (Lipinski definition) is 5. The molecule has 4 rings (SSSR count). The van der Waals surface area contributed by atoms with E-state index in [1.807, 2.05) is 37.3 Å². The number of methoxy groups -OCH3 is 1. The van der Waals surface area contributed by atoms with E-state index in [1.165, 1.54) is 12.0 Å². The topological polar surface area (TPSA) is 113 Å². The minimum Gasteiger partial charge on any atom is -0.478 e. The normalized spacial score (nSPS) is 18.3. The Bertz CT molecular complexity index is 1190. The monoisotopic (exact) mass is 422 g/mol. The molecule has 0 radical (unpaired) electrons. The maximum absolute atomic E-state index is 13.1. The summed E-state index contributed by atoms with van der Waals surface area (Å²) in [6.07, 6.45) is 2.60. The molecule has 2 atom stereocenters. The number of benzene rings is 1. The third kappa shape index (κ3) is 3.61. The van der Waals surface area contributed by atoms with Crippen molar-refractivity contribution in [2.24, 2.45) is 0 Å². The van der Waals surface area contributed by atoms with Crippen LogP contribution in [0.15, 0.2) is 53.0 Å². The second-order valence-electron chi connectivity index (χ2n) is 7.28. The summed E-state index contributed by atoms with van der Waals surface area (Å²) >= 11 is 0. The third-order valence-electron chi connectivity index (χ3n) is 5.53. The fourth-order valence-electron chi connectivity index (χ4n) is 4.14. The molecule has 31 heavy (non-hydrogen) atoms. The molecule has 0 spiro atoms. The first kappa shape index (κ1) is 20.5. The molecule has 2 N–H and O–H groups in total. The number of ether oxygens (including phenoxy) is 1. The summed E-state index contributed by atoms with van der Waals surface area (Å²) in [4.78, 5) is 41.6. The van der Waals surface area contributed by atoms with Crippen molar-refractivity contribution < 1.29 is 28.6 Å².